The second kappa shape index (κ2) is 8.31. The summed E-state index contributed by atoms with van der Waals surface area (Å²) in [6.07, 6.45) is -0.817. The molecule has 2 atom stereocenters. The quantitative estimate of drug-likeness (QED) is 0.621. The molecule has 12 heteroatoms. The number of ether oxygens (including phenoxy) is 3. The zero-order chi connectivity index (χ0) is 20.2. The van der Waals surface area contributed by atoms with E-state index in [1.165, 1.54) is 32.4 Å². The highest BCUT2D eigenvalue weighted by Gasteiger charge is 2.41. The predicted octanol–water partition coefficient (Wildman–Crippen LogP) is -0.106. The second-order valence-corrected chi connectivity index (χ2v) is 9.63. The Bertz CT molecular complexity index is 898. The summed E-state index contributed by atoms with van der Waals surface area (Å²) in [7, 11) is -5.01. The number of benzene rings is 1. The number of methoxy groups -OCH3 is 2. The summed E-state index contributed by atoms with van der Waals surface area (Å²) in [6.45, 7) is 1.70. The van der Waals surface area contributed by atoms with Gasteiger partial charge in [0, 0.05) is 6.07 Å². The van der Waals surface area contributed by atoms with Crippen molar-refractivity contribution < 1.29 is 35.8 Å². The van der Waals surface area contributed by atoms with Gasteiger partial charge in [-0.3, -0.25) is 0 Å². The minimum Gasteiger partial charge on any atom is -0.497 e. The number of hydrogen-bond donors (Lipinski definition) is 2. The first-order chi connectivity index (χ1) is 12.6. The van der Waals surface area contributed by atoms with Gasteiger partial charge in [-0.1, -0.05) is 0 Å². The van der Waals surface area contributed by atoms with Crippen molar-refractivity contribution in [3.05, 3.63) is 18.2 Å². The normalized spacial score (nSPS) is 21.4. The number of nitrogens with one attached hydrogen (secondary N) is 2. The molecule has 1 amide bonds. The van der Waals surface area contributed by atoms with Crippen LogP contribution in [-0.4, -0.2) is 67.3 Å². The van der Waals surface area contributed by atoms with E-state index in [1.54, 1.807) is 6.92 Å². The summed E-state index contributed by atoms with van der Waals surface area (Å²) in [5.74, 6) is -0.487. The predicted molar refractivity (Wildman–Crippen MR) is 96.3 cm³/mol. The lowest BCUT2D eigenvalue weighted by molar-refractivity contribution is 0.148. The molecule has 2 N–H and O–H groups in total. The van der Waals surface area contributed by atoms with Crippen LogP contribution in [0.3, 0.4) is 0 Å². The summed E-state index contributed by atoms with van der Waals surface area (Å²) in [5, 5.41) is 2.39. The molecule has 1 aliphatic heterocycles. The van der Waals surface area contributed by atoms with Crippen LogP contribution >= 0.6 is 0 Å². The Hall–Kier alpha value is -2.05. The standard InChI is InChI=1S/C15H22N2O8S2/c1-4-25-15(18)16-11-8-26(19,20)9-12(11)17-27(21,22)14-7-10(23-2)5-6-13(14)24-3/h5-7,11-12,17H,4,8-9H2,1-3H3,(H,16,18)/t11-,12+/m1/s1. The van der Waals surface area contributed by atoms with Gasteiger partial charge in [0.25, 0.3) is 0 Å². The van der Waals surface area contributed by atoms with Crippen molar-refractivity contribution >= 4 is 26.0 Å². The Morgan fingerprint density at radius 3 is 2.44 bits per heavy atom. The monoisotopic (exact) mass is 422 g/mol. The van der Waals surface area contributed by atoms with E-state index in [0.29, 0.717) is 0 Å². The van der Waals surface area contributed by atoms with Crippen LogP contribution in [0.1, 0.15) is 6.92 Å². The van der Waals surface area contributed by atoms with Gasteiger partial charge < -0.3 is 19.5 Å². The molecule has 0 bridgehead atoms. The van der Waals surface area contributed by atoms with Crippen molar-refractivity contribution in [2.75, 3.05) is 32.3 Å². The summed E-state index contributed by atoms with van der Waals surface area (Å²) in [4.78, 5) is 11.4. The summed E-state index contributed by atoms with van der Waals surface area (Å²) >= 11 is 0. The molecule has 1 fully saturated rings. The van der Waals surface area contributed by atoms with Gasteiger partial charge in [-0.2, -0.15) is 0 Å². The molecule has 0 spiro atoms. The van der Waals surface area contributed by atoms with E-state index in [9.17, 15) is 21.6 Å². The number of hydrogen-bond acceptors (Lipinski definition) is 8. The molecule has 1 aliphatic rings. The fraction of sp³-hybridized carbons (Fsp3) is 0.533. The molecular weight excluding hydrogens is 400 g/mol. The van der Waals surface area contributed by atoms with Crippen LogP contribution in [0.15, 0.2) is 23.1 Å². The molecule has 0 aliphatic carbocycles. The van der Waals surface area contributed by atoms with E-state index in [2.05, 4.69) is 10.0 Å². The highest BCUT2D eigenvalue weighted by atomic mass is 32.2. The first-order valence-corrected chi connectivity index (χ1v) is 11.3. The Labute approximate surface area is 158 Å². The molecule has 1 saturated heterocycles. The van der Waals surface area contributed by atoms with Gasteiger partial charge in [0.1, 0.15) is 16.4 Å². The number of carbonyl (C=O) groups is 1. The third-order valence-electron chi connectivity index (χ3n) is 3.90. The van der Waals surface area contributed by atoms with E-state index >= 15 is 0 Å². The van der Waals surface area contributed by atoms with Crippen LogP contribution in [0.4, 0.5) is 4.79 Å². The minimum absolute atomic E-state index is 0.0686. The number of sulfone groups is 1. The number of amides is 1. The molecular formula is C15H22N2O8S2. The maximum atomic E-state index is 12.8. The number of sulfonamides is 1. The molecule has 1 aromatic rings. The van der Waals surface area contributed by atoms with Gasteiger partial charge in [0.2, 0.25) is 10.0 Å². The smallest absolute Gasteiger partial charge is 0.407 e. The van der Waals surface area contributed by atoms with E-state index in [-0.39, 0.29) is 23.0 Å². The molecule has 0 radical (unpaired) electrons. The van der Waals surface area contributed by atoms with Gasteiger partial charge in [-0.15, -0.1) is 0 Å². The number of rotatable bonds is 7. The van der Waals surface area contributed by atoms with Crippen LogP contribution < -0.4 is 19.5 Å². The van der Waals surface area contributed by atoms with Crippen molar-refractivity contribution in [2.24, 2.45) is 0 Å². The molecule has 10 nitrogen and oxygen atoms in total. The Balaban J connectivity index is 2.30. The van der Waals surface area contributed by atoms with Crippen LogP contribution in [-0.2, 0) is 24.6 Å². The van der Waals surface area contributed by atoms with Crippen molar-refractivity contribution in [3.63, 3.8) is 0 Å². The number of alkyl carbamates (subject to hydrolysis) is 1. The van der Waals surface area contributed by atoms with Gasteiger partial charge in [-0.25, -0.2) is 26.4 Å². The van der Waals surface area contributed by atoms with Gasteiger partial charge in [0.15, 0.2) is 9.84 Å². The zero-order valence-corrected chi connectivity index (χ0v) is 16.7. The SMILES string of the molecule is CCOC(=O)N[C@@H]1CS(=O)(=O)C[C@@H]1NS(=O)(=O)c1cc(OC)ccc1OC. The third-order valence-corrected chi connectivity index (χ3v) is 7.14. The van der Waals surface area contributed by atoms with E-state index in [1.807, 2.05) is 0 Å². The van der Waals surface area contributed by atoms with Gasteiger partial charge >= 0.3 is 6.09 Å². The van der Waals surface area contributed by atoms with Crippen molar-refractivity contribution in [2.45, 2.75) is 23.9 Å². The lowest BCUT2D eigenvalue weighted by Gasteiger charge is -2.21. The highest BCUT2D eigenvalue weighted by molar-refractivity contribution is 7.92. The Kier molecular flexibility index (Phi) is 6.54. The summed E-state index contributed by atoms with van der Waals surface area (Å²) in [6, 6.07) is 2.20. The lowest BCUT2D eigenvalue weighted by atomic mass is 10.2. The van der Waals surface area contributed by atoms with Crippen LogP contribution in [0.2, 0.25) is 0 Å². The molecule has 1 aromatic carbocycles. The van der Waals surface area contributed by atoms with Crippen LogP contribution in [0.5, 0.6) is 11.5 Å². The van der Waals surface area contributed by atoms with Crippen molar-refractivity contribution in [1.82, 2.24) is 10.0 Å². The molecule has 2 rings (SSSR count). The second-order valence-electron chi connectivity index (χ2n) is 5.79. The largest absolute Gasteiger partial charge is 0.497 e. The third kappa shape index (κ3) is 5.23. The first-order valence-electron chi connectivity index (χ1n) is 8.00. The molecule has 0 saturated carbocycles. The Morgan fingerprint density at radius 2 is 1.85 bits per heavy atom. The van der Waals surface area contributed by atoms with E-state index in [0.717, 1.165) is 0 Å². The highest BCUT2D eigenvalue weighted by Crippen LogP contribution is 2.29. The Morgan fingerprint density at radius 1 is 1.19 bits per heavy atom. The topological polar surface area (TPSA) is 137 Å². The zero-order valence-electron chi connectivity index (χ0n) is 15.1. The molecule has 1 heterocycles. The molecule has 0 aromatic heterocycles. The number of carbonyl (C=O) groups excluding carboxylic acids is 1. The molecule has 152 valence electrons. The molecule has 27 heavy (non-hydrogen) atoms. The molecule has 0 unspecified atom stereocenters. The summed E-state index contributed by atoms with van der Waals surface area (Å²) in [5.41, 5.74) is 0. The summed E-state index contributed by atoms with van der Waals surface area (Å²) < 4.78 is 66.8. The van der Waals surface area contributed by atoms with Gasteiger partial charge in [0.05, 0.1) is 44.4 Å². The van der Waals surface area contributed by atoms with E-state index < -0.39 is 49.5 Å². The lowest BCUT2D eigenvalue weighted by Crippen LogP contribution is -2.51. The fourth-order valence-electron chi connectivity index (χ4n) is 2.69. The fourth-order valence-corrected chi connectivity index (χ4v) is 6.11. The first kappa shape index (κ1) is 21.3. The average molecular weight is 422 g/mol. The van der Waals surface area contributed by atoms with Crippen molar-refractivity contribution in [1.29, 1.82) is 0 Å². The maximum absolute atomic E-state index is 12.8. The van der Waals surface area contributed by atoms with Crippen LogP contribution in [0.25, 0.3) is 0 Å². The van der Waals surface area contributed by atoms with E-state index in [4.69, 9.17) is 14.2 Å². The van der Waals surface area contributed by atoms with Gasteiger partial charge in [-0.05, 0) is 19.1 Å². The van der Waals surface area contributed by atoms with Crippen molar-refractivity contribution in [3.8, 4) is 11.5 Å². The average Bonchev–Trinajstić information content (AvgIpc) is 2.86. The van der Waals surface area contributed by atoms with Crippen LogP contribution in [0, 0.1) is 0 Å². The maximum Gasteiger partial charge on any atom is 0.407 e. The minimum atomic E-state index is -4.16.